The summed E-state index contributed by atoms with van der Waals surface area (Å²) < 4.78 is 38.8. The third kappa shape index (κ3) is 4.51. The summed E-state index contributed by atoms with van der Waals surface area (Å²) in [5.74, 6) is 0.0584. The predicted octanol–water partition coefficient (Wildman–Crippen LogP) is -0.705. The first kappa shape index (κ1) is 17.6. The average molecular weight is 317 g/mol. The molecule has 0 fully saturated rings. The SMILES string of the molecule is O=[N+]([O-])c1ccc(Oc2ccccc2)c(S(=O)(=O)[O-])c1.[Na+]. The summed E-state index contributed by atoms with van der Waals surface area (Å²) in [5.41, 5.74) is -0.500. The molecule has 0 saturated carbocycles. The van der Waals surface area contributed by atoms with E-state index in [1.54, 1.807) is 30.3 Å². The maximum Gasteiger partial charge on any atom is 1.00 e. The van der Waals surface area contributed by atoms with Gasteiger partial charge in [0.25, 0.3) is 5.69 Å². The van der Waals surface area contributed by atoms with Crippen molar-refractivity contribution in [1.29, 1.82) is 0 Å². The fraction of sp³-hybridized carbons (Fsp3) is 0. The van der Waals surface area contributed by atoms with Gasteiger partial charge in [0.05, 0.1) is 4.92 Å². The van der Waals surface area contributed by atoms with E-state index in [4.69, 9.17) is 4.74 Å². The molecule has 0 spiro atoms. The van der Waals surface area contributed by atoms with Crippen LogP contribution >= 0.6 is 0 Å². The molecule has 7 nitrogen and oxygen atoms in total. The van der Waals surface area contributed by atoms with Crippen molar-refractivity contribution in [3.8, 4) is 11.5 Å². The van der Waals surface area contributed by atoms with Gasteiger partial charge in [-0.05, 0) is 18.2 Å². The third-order valence-corrected chi connectivity index (χ3v) is 3.24. The van der Waals surface area contributed by atoms with E-state index in [0.29, 0.717) is 11.8 Å². The molecule has 9 heteroatoms. The number of hydrogen-bond donors (Lipinski definition) is 0. The molecular weight excluding hydrogens is 309 g/mol. The predicted molar refractivity (Wildman–Crippen MR) is 67.6 cm³/mol. The summed E-state index contributed by atoms with van der Waals surface area (Å²) in [5, 5.41) is 10.6. The standard InChI is InChI=1S/C12H9NO6S.Na/c14-13(15)9-6-7-11(12(8-9)20(16,17)18)19-10-4-2-1-3-5-10;/h1-8H,(H,16,17,18);/q;+1/p-1. The van der Waals surface area contributed by atoms with Crippen LogP contribution in [0.25, 0.3) is 0 Å². The minimum atomic E-state index is -4.89. The molecule has 0 aliphatic rings. The number of ether oxygens (including phenoxy) is 1. The molecule has 2 rings (SSSR count). The van der Waals surface area contributed by atoms with Crippen LogP contribution in [-0.4, -0.2) is 17.9 Å². The van der Waals surface area contributed by atoms with E-state index in [1.807, 2.05) is 0 Å². The van der Waals surface area contributed by atoms with Crippen LogP contribution in [0.3, 0.4) is 0 Å². The van der Waals surface area contributed by atoms with Crippen molar-refractivity contribution in [1.82, 2.24) is 0 Å². The van der Waals surface area contributed by atoms with Crippen LogP contribution in [0, 0.1) is 10.1 Å². The van der Waals surface area contributed by atoms with Gasteiger partial charge in [-0.1, -0.05) is 18.2 Å². The minimum Gasteiger partial charge on any atom is -0.744 e. The van der Waals surface area contributed by atoms with E-state index in [-0.39, 0.29) is 35.3 Å². The topological polar surface area (TPSA) is 110 Å². The molecule has 0 aromatic heterocycles. The Morgan fingerprint density at radius 3 is 2.19 bits per heavy atom. The molecule has 21 heavy (non-hydrogen) atoms. The summed E-state index contributed by atoms with van der Waals surface area (Å²) in [4.78, 5) is 9.06. The monoisotopic (exact) mass is 317 g/mol. The molecule has 0 amide bonds. The molecule has 0 aliphatic heterocycles. The number of hydrogen-bond acceptors (Lipinski definition) is 6. The van der Waals surface area contributed by atoms with Crippen molar-refractivity contribution in [3.63, 3.8) is 0 Å². The van der Waals surface area contributed by atoms with E-state index < -0.39 is 25.6 Å². The van der Waals surface area contributed by atoms with Crippen LogP contribution in [0.2, 0.25) is 0 Å². The van der Waals surface area contributed by atoms with Crippen LogP contribution in [-0.2, 0) is 10.1 Å². The Balaban J connectivity index is 0.00000220. The van der Waals surface area contributed by atoms with Crippen molar-refractivity contribution in [2.45, 2.75) is 4.90 Å². The maximum atomic E-state index is 11.2. The van der Waals surface area contributed by atoms with Crippen LogP contribution in [0.4, 0.5) is 5.69 Å². The van der Waals surface area contributed by atoms with Gasteiger partial charge in [-0.2, -0.15) is 0 Å². The number of non-ortho nitro benzene ring substituents is 1. The second kappa shape index (κ2) is 7.01. The molecule has 0 atom stereocenters. The zero-order chi connectivity index (χ0) is 14.8. The van der Waals surface area contributed by atoms with Crippen molar-refractivity contribution in [3.05, 3.63) is 58.6 Å². The summed E-state index contributed by atoms with van der Waals surface area (Å²) in [6, 6.07) is 11.0. The summed E-state index contributed by atoms with van der Waals surface area (Å²) >= 11 is 0. The van der Waals surface area contributed by atoms with Gasteiger partial charge in [0.15, 0.2) is 0 Å². The molecule has 104 valence electrons. The maximum absolute atomic E-state index is 11.2. The number of nitro groups is 1. The summed E-state index contributed by atoms with van der Waals surface area (Å²) in [6.07, 6.45) is 0. The van der Waals surface area contributed by atoms with E-state index in [1.165, 1.54) is 0 Å². The van der Waals surface area contributed by atoms with Gasteiger partial charge in [-0.15, -0.1) is 0 Å². The van der Waals surface area contributed by atoms with Gasteiger partial charge in [0.2, 0.25) is 0 Å². The number of benzene rings is 2. The fourth-order valence-corrected chi connectivity index (χ4v) is 2.13. The Labute approximate surface area is 142 Å². The molecule has 0 N–H and O–H groups in total. The molecule has 0 unspecified atom stereocenters. The van der Waals surface area contributed by atoms with Gasteiger partial charge in [0.1, 0.15) is 26.5 Å². The molecule has 0 radical (unpaired) electrons. The van der Waals surface area contributed by atoms with Crippen LogP contribution in [0.15, 0.2) is 53.4 Å². The zero-order valence-electron chi connectivity index (χ0n) is 10.9. The Bertz CT molecular complexity index is 748. The van der Waals surface area contributed by atoms with Crippen molar-refractivity contribution in [2.24, 2.45) is 0 Å². The molecule has 2 aromatic rings. The Morgan fingerprint density at radius 1 is 1.05 bits per heavy atom. The van der Waals surface area contributed by atoms with E-state index in [0.717, 1.165) is 12.1 Å². The Kier molecular flexibility index (Phi) is 5.87. The van der Waals surface area contributed by atoms with E-state index >= 15 is 0 Å². The quantitative estimate of drug-likeness (QED) is 0.319. The molecule has 0 bridgehead atoms. The first-order valence-electron chi connectivity index (χ1n) is 5.35. The third-order valence-electron chi connectivity index (χ3n) is 2.38. The largest absolute Gasteiger partial charge is 1.00 e. The summed E-state index contributed by atoms with van der Waals surface area (Å²) in [7, 11) is -4.89. The number of nitrogens with zero attached hydrogens (tertiary/aromatic N) is 1. The average Bonchev–Trinajstić information content (AvgIpc) is 2.39. The smallest absolute Gasteiger partial charge is 0.744 e. The normalized spacial score (nSPS) is 10.5. The fourth-order valence-electron chi connectivity index (χ4n) is 1.51. The molecular formula is C12H8NNaO6S. The number of nitro benzene ring substituents is 1. The van der Waals surface area contributed by atoms with Gasteiger partial charge in [0, 0.05) is 12.1 Å². The molecule has 0 heterocycles. The van der Waals surface area contributed by atoms with Gasteiger partial charge in [-0.25, -0.2) is 8.42 Å². The second-order valence-electron chi connectivity index (χ2n) is 3.76. The van der Waals surface area contributed by atoms with Crippen LogP contribution in [0.1, 0.15) is 0 Å². The second-order valence-corrected chi connectivity index (χ2v) is 5.11. The first-order valence-corrected chi connectivity index (χ1v) is 6.76. The molecule has 2 aromatic carbocycles. The minimum absolute atomic E-state index is 0. The molecule has 0 saturated heterocycles. The van der Waals surface area contributed by atoms with E-state index in [9.17, 15) is 23.1 Å². The van der Waals surface area contributed by atoms with Crippen LogP contribution < -0.4 is 34.3 Å². The number of para-hydroxylation sites is 1. The van der Waals surface area contributed by atoms with Gasteiger partial charge < -0.3 is 9.29 Å². The van der Waals surface area contributed by atoms with Crippen LogP contribution in [0.5, 0.6) is 11.5 Å². The van der Waals surface area contributed by atoms with Crippen molar-refractivity contribution in [2.75, 3.05) is 0 Å². The van der Waals surface area contributed by atoms with Crippen molar-refractivity contribution < 1.29 is 52.2 Å². The van der Waals surface area contributed by atoms with E-state index in [2.05, 4.69) is 0 Å². The Hall–Kier alpha value is -1.45. The van der Waals surface area contributed by atoms with Crippen molar-refractivity contribution >= 4 is 15.8 Å². The first-order chi connectivity index (χ1) is 9.38. The molecule has 0 aliphatic carbocycles. The zero-order valence-corrected chi connectivity index (χ0v) is 13.7. The van der Waals surface area contributed by atoms with Gasteiger partial charge in [-0.3, -0.25) is 10.1 Å². The Morgan fingerprint density at radius 2 is 1.67 bits per heavy atom. The van der Waals surface area contributed by atoms with Gasteiger partial charge >= 0.3 is 29.6 Å². The number of rotatable bonds is 4. The summed E-state index contributed by atoms with van der Waals surface area (Å²) in [6.45, 7) is 0.